The van der Waals surface area contributed by atoms with Crippen LogP contribution in [0.25, 0.3) is 0 Å². The van der Waals surface area contributed by atoms with Crippen LogP contribution in [0.3, 0.4) is 0 Å². The van der Waals surface area contributed by atoms with Gasteiger partial charge in [0.15, 0.2) is 0 Å². The van der Waals surface area contributed by atoms with Crippen molar-refractivity contribution in [3.63, 3.8) is 0 Å². The molecule has 1 aliphatic rings. The molecule has 21 heavy (non-hydrogen) atoms. The Labute approximate surface area is 135 Å². The molecule has 1 rings (SSSR count). The first-order chi connectivity index (χ1) is 10.1. The summed E-state index contributed by atoms with van der Waals surface area (Å²) in [4.78, 5) is 0. The van der Waals surface area contributed by atoms with Gasteiger partial charge in [-0.15, -0.1) is 0 Å². The summed E-state index contributed by atoms with van der Waals surface area (Å²) in [6, 6.07) is 0. The van der Waals surface area contributed by atoms with Gasteiger partial charge in [-0.1, -0.05) is 111 Å². The van der Waals surface area contributed by atoms with E-state index in [-0.39, 0.29) is 0 Å². The molecule has 1 fully saturated rings. The quantitative estimate of drug-likeness (QED) is 0.289. The molecule has 0 nitrogen and oxygen atoms in total. The van der Waals surface area contributed by atoms with Gasteiger partial charge in [0.2, 0.25) is 0 Å². The molecule has 0 saturated heterocycles. The van der Waals surface area contributed by atoms with E-state index in [4.69, 9.17) is 0 Å². The molecule has 0 heterocycles. The van der Waals surface area contributed by atoms with Gasteiger partial charge in [0.25, 0.3) is 0 Å². The smallest absolute Gasteiger partial charge is 0.0414 e. The van der Waals surface area contributed by atoms with E-state index >= 15 is 0 Å². The number of unbranched alkanes of at least 4 members (excludes halogenated alkanes) is 5. The van der Waals surface area contributed by atoms with Crippen molar-refractivity contribution in [2.75, 3.05) is 0 Å². The van der Waals surface area contributed by atoms with Crippen LogP contribution in [0.4, 0.5) is 0 Å². The molecular weight excluding hydrogens is 252 g/mol. The van der Waals surface area contributed by atoms with Crippen molar-refractivity contribution in [3.8, 4) is 0 Å². The van der Waals surface area contributed by atoms with E-state index in [1.54, 1.807) is 0 Å². The molecule has 0 N–H and O–H groups in total. The van der Waals surface area contributed by atoms with E-state index in [1.807, 2.05) is 0 Å². The first kappa shape index (κ1) is 19.0. The summed E-state index contributed by atoms with van der Waals surface area (Å²) in [5.41, 5.74) is 0. The molecule has 1 aliphatic carbocycles. The highest BCUT2D eigenvalue weighted by Crippen LogP contribution is 2.34. The average molecular weight is 295 g/mol. The van der Waals surface area contributed by atoms with Gasteiger partial charge in [0.05, 0.1) is 0 Å². The van der Waals surface area contributed by atoms with Crippen molar-refractivity contribution in [3.05, 3.63) is 0 Å². The van der Waals surface area contributed by atoms with Gasteiger partial charge in [-0.3, -0.25) is 0 Å². The molecule has 0 aromatic heterocycles. The summed E-state index contributed by atoms with van der Waals surface area (Å²) < 4.78 is 0. The summed E-state index contributed by atoms with van der Waals surface area (Å²) in [7, 11) is 0. The van der Waals surface area contributed by atoms with Crippen LogP contribution in [-0.2, 0) is 0 Å². The van der Waals surface area contributed by atoms with Crippen LogP contribution in [0, 0.1) is 23.7 Å². The van der Waals surface area contributed by atoms with Gasteiger partial charge >= 0.3 is 0 Å². The molecule has 3 atom stereocenters. The lowest BCUT2D eigenvalue weighted by Crippen LogP contribution is -2.09. The molecule has 0 aliphatic heterocycles. The maximum Gasteiger partial charge on any atom is -0.0414 e. The van der Waals surface area contributed by atoms with Crippen molar-refractivity contribution in [2.24, 2.45) is 23.7 Å². The topological polar surface area (TPSA) is 0 Å². The fourth-order valence-corrected chi connectivity index (χ4v) is 3.33. The first-order valence-corrected chi connectivity index (χ1v) is 10.1. The second-order valence-corrected chi connectivity index (χ2v) is 8.19. The van der Waals surface area contributed by atoms with E-state index in [2.05, 4.69) is 27.7 Å². The molecule has 0 aromatic carbocycles. The monoisotopic (exact) mass is 294 g/mol. The third kappa shape index (κ3) is 10.4. The summed E-state index contributed by atoms with van der Waals surface area (Å²) >= 11 is 0. The largest absolute Gasteiger partial charge is 0.0651 e. The van der Waals surface area contributed by atoms with Gasteiger partial charge in [-0.2, -0.15) is 0 Å². The summed E-state index contributed by atoms with van der Waals surface area (Å²) in [6.45, 7) is 9.69. The lowest BCUT2D eigenvalue weighted by Gasteiger charge is -2.21. The summed E-state index contributed by atoms with van der Waals surface area (Å²) in [6.07, 6.45) is 19.2. The Bertz CT molecular complexity index is 228. The fourth-order valence-electron chi connectivity index (χ4n) is 3.33. The summed E-state index contributed by atoms with van der Waals surface area (Å²) in [5, 5.41) is 0. The van der Waals surface area contributed by atoms with Crippen LogP contribution in [0.1, 0.15) is 111 Å². The van der Waals surface area contributed by atoms with E-state index in [0.717, 1.165) is 23.7 Å². The zero-order valence-electron chi connectivity index (χ0n) is 15.5. The molecular formula is C21H42. The average Bonchev–Trinajstić information content (AvgIpc) is 3.30. The maximum absolute atomic E-state index is 2.48. The van der Waals surface area contributed by atoms with E-state index in [9.17, 15) is 0 Å². The van der Waals surface area contributed by atoms with Gasteiger partial charge in [-0.05, 0) is 23.7 Å². The molecule has 0 spiro atoms. The minimum Gasteiger partial charge on any atom is -0.0651 e. The van der Waals surface area contributed by atoms with Crippen LogP contribution >= 0.6 is 0 Å². The zero-order chi connectivity index (χ0) is 15.5. The Balaban J connectivity index is 1.85. The van der Waals surface area contributed by atoms with Crippen molar-refractivity contribution >= 4 is 0 Å². The Morgan fingerprint density at radius 1 is 0.714 bits per heavy atom. The minimum absolute atomic E-state index is 0.926. The molecule has 0 heteroatoms. The fraction of sp³-hybridized carbons (Fsp3) is 1.00. The second kappa shape index (κ2) is 11.6. The predicted octanol–water partition coefficient (Wildman–Crippen LogP) is 7.62. The van der Waals surface area contributed by atoms with E-state index in [0.29, 0.717) is 0 Å². The van der Waals surface area contributed by atoms with Crippen molar-refractivity contribution in [2.45, 2.75) is 111 Å². The van der Waals surface area contributed by atoms with Crippen molar-refractivity contribution in [1.82, 2.24) is 0 Å². The van der Waals surface area contributed by atoms with Gasteiger partial charge in [-0.25, -0.2) is 0 Å². The van der Waals surface area contributed by atoms with Crippen LogP contribution in [0.2, 0.25) is 0 Å². The second-order valence-electron chi connectivity index (χ2n) is 8.19. The highest BCUT2D eigenvalue weighted by atomic mass is 14.3. The highest BCUT2D eigenvalue weighted by Gasteiger charge is 2.19. The van der Waals surface area contributed by atoms with Crippen LogP contribution < -0.4 is 0 Å². The van der Waals surface area contributed by atoms with Crippen LogP contribution in [-0.4, -0.2) is 0 Å². The van der Waals surface area contributed by atoms with E-state index in [1.165, 1.54) is 83.5 Å². The molecule has 0 aromatic rings. The van der Waals surface area contributed by atoms with Gasteiger partial charge < -0.3 is 0 Å². The standard InChI is InChI=1S/C21H42/c1-5-18(2)14-15-20(4)19(3)12-10-8-6-7-9-11-13-21-16-17-21/h18-21H,5-17H2,1-4H3. The van der Waals surface area contributed by atoms with Crippen LogP contribution in [0.5, 0.6) is 0 Å². The highest BCUT2D eigenvalue weighted by molar-refractivity contribution is 4.72. The Kier molecular flexibility index (Phi) is 10.5. The van der Waals surface area contributed by atoms with E-state index < -0.39 is 0 Å². The molecule has 1 saturated carbocycles. The normalized spacial score (nSPS) is 19.4. The van der Waals surface area contributed by atoms with Crippen LogP contribution in [0.15, 0.2) is 0 Å². The molecule has 0 radical (unpaired) electrons. The lowest BCUT2D eigenvalue weighted by atomic mass is 9.85. The molecule has 0 bridgehead atoms. The Morgan fingerprint density at radius 3 is 1.90 bits per heavy atom. The summed E-state index contributed by atoms with van der Waals surface area (Å²) in [5.74, 6) is 3.93. The third-order valence-corrected chi connectivity index (χ3v) is 6.00. The molecule has 126 valence electrons. The predicted molar refractivity (Wildman–Crippen MR) is 96.7 cm³/mol. The molecule has 0 amide bonds. The Morgan fingerprint density at radius 2 is 1.29 bits per heavy atom. The van der Waals surface area contributed by atoms with Crippen molar-refractivity contribution in [1.29, 1.82) is 0 Å². The lowest BCUT2D eigenvalue weighted by molar-refractivity contribution is 0.306. The van der Waals surface area contributed by atoms with Gasteiger partial charge in [0, 0.05) is 0 Å². The SMILES string of the molecule is CCC(C)CCC(C)C(C)CCCCCCCCC1CC1. The zero-order valence-corrected chi connectivity index (χ0v) is 15.5. The number of hydrogen-bond acceptors (Lipinski definition) is 0. The first-order valence-electron chi connectivity index (χ1n) is 10.1. The third-order valence-electron chi connectivity index (χ3n) is 6.00. The maximum atomic E-state index is 2.48. The minimum atomic E-state index is 0.926. The number of hydrogen-bond donors (Lipinski definition) is 0. The number of rotatable bonds is 14. The van der Waals surface area contributed by atoms with Gasteiger partial charge in [0.1, 0.15) is 0 Å². The van der Waals surface area contributed by atoms with Crippen molar-refractivity contribution < 1.29 is 0 Å². The Hall–Kier alpha value is 0. The molecule has 3 unspecified atom stereocenters.